The first kappa shape index (κ1) is 13.6. The molecule has 0 atom stereocenters. The highest BCUT2D eigenvalue weighted by atomic mass is 27.1. The zero-order valence-corrected chi connectivity index (χ0v) is 9.33. The van der Waals surface area contributed by atoms with Crippen LogP contribution in [0.25, 0.3) is 0 Å². The van der Waals surface area contributed by atoms with Gasteiger partial charge in [0.1, 0.15) is 0 Å². The standard InChI is InChI=1S/2C4H9.CHN.Al/c2*1-4(2)3;1-2;/h2*4H,1H2,2-3H3;1H;. The van der Waals surface area contributed by atoms with Crippen molar-refractivity contribution >= 4 is 15.2 Å². The molecule has 2 heteroatoms. The SMILES string of the molecule is C#N.CC(C)[CH2][Al][CH2]C(C)C. The van der Waals surface area contributed by atoms with Gasteiger partial charge in [-0.1, -0.05) is 39.5 Å². The van der Waals surface area contributed by atoms with E-state index >= 15 is 0 Å². The van der Waals surface area contributed by atoms with E-state index < -0.39 is 0 Å². The first-order valence-electron chi connectivity index (χ1n) is 4.20. The summed E-state index contributed by atoms with van der Waals surface area (Å²) in [5.41, 5.74) is 0. The Morgan fingerprint density at radius 1 is 1.00 bits per heavy atom. The molecule has 0 aliphatic heterocycles. The van der Waals surface area contributed by atoms with Crippen LogP contribution in [0.5, 0.6) is 0 Å². The predicted molar refractivity (Wildman–Crippen MR) is 51.7 cm³/mol. The summed E-state index contributed by atoms with van der Waals surface area (Å²) in [6.07, 6.45) is 0. The Morgan fingerprint density at radius 2 is 1.27 bits per heavy atom. The maximum Gasteiger partial charge on any atom is 0.200 e. The largest absolute Gasteiger partial charge is 0.202 e. The van der Waals surface area contributed by atoms with Crippen molar-refractivity contribution in [3.05, 3.63) is 0 Å². The van der Waals surface area contributed by atoms with E-state index in [2.05, 4.69) is 34.3 Å². The summed E-state index contributed by atoms with van der Waals surface area (Å²) in [5.74, 6) is 1.86. The van der Waals surface area contributed by atoms with Crippen molar-refractivity contribution < 1.29 is 0 Å². The van der Waals surface area contributed by atoms with Gasteiger partial charge in [0.05, 0.1) is 0 Å². The molecule has 0 fully saturated rings. The molecule has 0 aromatic rings. The van der Waals surface area contributed by atoms with Gasteiger partial charge in [0.25, 0.3) is 0 Å². The molecule has 0 aromatic heterocycles. The van der Waals surface area contributed by atoms with Crippen molar-refractivity contribution in [2.45, 2.75) is 38.3 Å². The average Bonchev–Trinajstić information content (AvgIpc) is 1.90. The van der Waals surface area contributed by atoms with Crippen LogP contribution in [0.2, 0.25) is 10.6 Å². The lowest BCUT2D eigenvalue weighted by Crippen LogP contribution is -1.99. The predicted octanol–water partition coefficient (Wildman–Crippen LogP) is 2.98. The highest BCUT2D eigenvalue weighted by Crippen LogP contribution is 2.05. The van der Waals surface area contributed by atoms with Gasteiger partial charge in [0.15, 0.2) is 0 Å². The fourth-order valence-corrected chi connectivity index (χ4v) is 2.29. The van der Waals surface area contributed by atoms with Crippen molar-refractivity contribution in [3.63, 3.8) is 0 Å². The van der Waals surface area contributed by atoms with Crippen LogP contribution >= 0.6 is 0 Å². The Hall–Kier alpha value is 0.0225. The first-order chi connectivity index (χ1) is 5.13. The van der Waals surface area contributed by atoms with Crippen LogP contribution in [-0.2, 0) is 0 Å². The molecule has 0 aromatic carbocycles. The average molecular weight is 168 g/mol. The van der Waals surface area contributed by atoms with Crippen LogP contribution in [0.3, 0.4) is 0 Å². The molecule has 0 spiro atoms. The highest BCUT2D eigenvalue weighted by molar-refractivity contribution is 6.35. The van der Waals surface area contributed by atoms with E-state index in [1.807, 2.05) is 0 Å². The molecule has 11 heavy (non-hydrogen) atoms. The zero-order valence-electron chi connectivity index (χ0n) is 8.17. The topological polar surface area (TPSA) is 23.8 Å². The van der Waals surface area contributed by atoms with Gasteiger partial charge in [0.2, 0.25) is 15.2 Å². The molecule has 0 aliphatic rings. The van der Waals surface area contributed by atoms with Crippen LogP contribution in [0.1, 0.15) is 27.7 Å². The fraction of sp³-hybridized carbons (Fsp3) is 0.889. The lowest BCUT2D eigenvalue weighted by molar-refractivity contribution is 0.700. The Balaban J connectivity index is 0. The van der Waals surface area contributed by atoms with Crippen LogP contribution < -0.4 is 0 Å². The van der Waals surface area contributed by atoms with Gasteiger partial charge in [-0.15, -0.1) is 10.6 Å². The Bertz CT molecular complexity index is 78.8. The molecule has 0 heterocycles. The summed E-state index contributed by atoms with van der Waals surface area (Å²) < 4.78 is 0. The Morgan fingerprint density at radius 3 is 1.45 bits per heavy atom. The lowest BCUT2D eigenvalue weighted by atomic mass is 10.3. The zero-order chi connectivity index (χ0) is 9.28. The van der Waals surface area contributed by atoms with Crippen molar-refractivity contribution in [2.24, 2.45) is 11.8 Å². The molecule has 1 nitrogen and oxygen atoms in total. The maximum absolute atomic E-state index is 6.50. The molecule has 0 rings (SSSR count). The molecule has 1 radical (unpaired) electrons. The van der Waals surface area contributed by atoms with Gasteiger partial charge < -0.3 is 0 Å². The third kappa shape index (κ3) is 17.8. The molecule has 0 bridgehead atoms. The third-order valence-electron chi connectivity index (χ3n) is 1.28. The molecule has 0 saturated heterocycles. The van der Waals surface area contributed by atoms with E-state index in [4.69, 9.17) is 5.26 Å². The van der Waals surface area contributed by atoms with Crippen molar-refractivity contribution in [1.82, 2.24) is 0 Å². The van der Waals surface area contributed by atoms with Crippen molar-refractivity contribution in [1.29, 1.82) is 5.26 Å². The van der Waals surface area contributed by atoms with E-state index in [0.29, 0.717) is 0 Å². The summed E-state index contributed by atoms with van der Waals surface area (Å²) in [5, 5.41) is 9.47. The molecule has 0 saturated carbocycles. The minimum absolute atomic E-state index is 0.755. The van der Waals surface area contributed by atoms with Crippen LogP contribution in [0.15, 0.2) is 0 Å². The summed E-state index contributed by atoms with van der Waals surface area (Å²) >= 11 is 0.755. The quantitative estimate of drug-likeness (QED) is 0.592. The van der Waals surface area contributed by atoms with Gasteiger partial charge in [-0.25, -0.2) is 5.26 Å². The van der Waals surface area contributed by atoms with Gasteiger partial charge in [-0.05, 0) is 0 Å². The smallest absolute Gasteiger partial charge is 0.200 e. The summed E-state index contributed by atoms with van der Waals surface area (Å²) in [6.45, 7) is 12.8. The minimum atomic E-state index is 0.755. The Kier molecular flexibility index (Phi) is 12.4. The van der Waals surface area contributed by atoms with Crippen LogP contribution in [0, 0.1) is 23.7 Å². The minimum Gasteiger partial charge on any atom is -0.202 e. The van der Waals surface area contributed by atoms with E-state index in [0.717, 1.165) is 27.1 Å². The molecule has 0 aliphatic carbocycles. The second-order valence-corrected chi connectivity index (χ2v) is 5.07. The van der Waals surface area contributed by atoms with Gasteiger partial charge in [0, 0.05) is 6.57 Å². The van der Waals surface area contributed by atoms with Crippen molar-refractivity contribution in [2.75, 3.05) is 0 Å². The Labute approximate surface area is 77.5 Å². The summed E-state index contributed by atoms with van der Waals surface area (Å²) in [4.78, 5) is 0. The number of nitriles is 1. The van der Waals surface area contributed by atoms with Crippen LogP contribution in [0.4, 0.5) is 0 Å². The fourth-order valence-electron chi connectivity index (χ4n) is 0.763. The number of rotatable bonds is 4. The normalized spacial score (nSPS) is 9.09. The van der Waals surface area contributed by atoms with E-state index in [-0.39, 0.29) is 0 Å². The van der Waals surface area contributed by atoms with E-state index in [1.165, 1.54) is 10.6 Å². The molecule has 0 amide bonds. The van der Waals surface area contributed by atoms with Gasteiger partial charge in [-0.3, -0.25) is 0 Å². The summed E-state index contributed by atoms with van der Waals surface area (Å²) in [7, 11) is 0. The molecule has 0 N–H and O–H groups in total. The monoisotopic (exact) mass is 168 g/mol. The van der Waals surface area contributed by atoms with E-state index in [1.54, 1.807) is 0 Å². The third-order valence-corrected chi connectivity index (χ3v) is 3.83. The second kappa shape index (κ2) is 10.0. The number of hydrogen-bond donors (Lipinski definition) is 0. The number of hydrogen-bond acceptors (Lipinski definition) is 1. The van der Waals surface area contributed by atoms with E-state index in [9.17, 15) is 0 Å². The maximum atomic E-state index is 6.50. The summed E-state index contributed by atoms with van der Waals surface area (Å²) in [6, 6.07) is 0. The van der Waals surface area contributed by atoms with Gasteiger partial charge >= 0.3 is 0 Å². The highest BCUT2D eigenvalue weighted by Gasteiger charge is 1.98. The molecule has 63 valence electrons. The molecular weight excluding hydrogens is 149 g/mol. The molecular formula is C9H19AlN. The molecule has 0 unspecified atom stereocenters. The second-order valence-electron chi connectivity index (χ2n) is 3.55. The first-order valence-corrected chi connectivity index (χ1v) is 5.83. The van der Waals surface area contributed by atoms with Crippen molar-refractivity contribution in [3.8, 4) is 6.57 Å². The van der Waals surface area contributed by atoms with Gasteiger partial charge in [-0.2, -0.15) is 0 Å². The number of nitrogens with zero attached hydrogens (tertiary/aromatic N) is 1. The van der Waals surface area contributed by atoms with Crippen LogP contribution in [-0.4, -0.2) is 15.2 Å². The lowest BCUT2D eigenvalue weighted by Gasteiger charge is -2.03.